The zero-order valence-corrected chi connectivity index (χ0v) is 54.3. The van der Waals surface area contributed by atoms with Crippen LogP contribution < -0.4 is 31.9 Å². The lowest BCUT2D eigenvalue weighted by atomic mass is 9.91. The summed E-state index contributed by atoms with van der Waals surface area (Å²) in [7, 11) is 5.55. The van der Waals surface area contributed by atoms with Gasteiger partial charge in [-0.2, -0.15) is 0 Å². The van der Waals surface area contributed by atoms with Gasteiger partial charge in [-0.1, -0.05) is 116 Å². The van der Waals surface area contributed by atoms with Crippen molar-refractivity contribution in [3.8, 4) is 0 Å². The molecule has 0 heterocycles. The van der Waals surface area contributed by atoms with Crippen LogP contribution in [0, 0.1) is 41.4 Å². The minimum Gasteiger partial charge on any atom is -0.480 e. The first-order valence-corrected chi connectivity index (χ1v) is 29.9. The summed E-state index contributed by atoms with van der Waals surface area (Å²) in [6.07, 6.45) is 2.24. The van der Waals surface area contributed by atoms with E-state index in [1.54, 1.807) is 39.8 Å². The molecule has 0 fully saturated rings. The summed E-state index contributed by atoms with van der Waals surface area (Å²) in [5.74, 6) is -9.13. The molecule has 0 bridgehead atoms. The Bertz CT molecular complexity index is 2150. The van der Waals surface area contributed by atoms with E-state index in [0.717, 1.165) is 11.3 Å². The minimum absolute atomic E-state index is 0.00920. The number of carboxylic acids is 1. The van der Waals surface area contributed by atoms with Gasteiger partial charge in [0, 0.05) is 28.2 Å². The van der Waals surface area contributed by atoms with E-state index >= 15 is 0 Å². The van der Waals surface area contributed by atoms with E-state index in [2.05, 4.69) is 31.9 Å². The number of aliphatic carboxylic acids is 1. The fourth-order valence-electron chi connectivity index (χ4n) is 9.95. The van der Waals surface area contributed by atoms with Crippen LogP contribution in [0.5, 0.6) is 0 Å². The molecule has 0 saturated carbocycles. The molecule has 0 saturated heterocycles. The standard InChI is InChI=1S/C60H110N10O13/c1-23-26-27-38(15)50(72)49(55(77)66-47(41(18)71)60(82)83)70(22)59(81)48(36(12)13)69(21)58(80)43(29-33(6)7)64-53(75)45(31-35(10)11)67(19)56(78)40(17)63-51(73)39(16)62-52(74)44(30-34(8)9)68(20)57(79)42(28-32(4)5)65-54(76)46(61-25-3)37(14)24-2/h23,26,32-50,61,71-72H,24-25,27-31H2,1-22H3,(H,62,74)(H,63,73)(H,64,75)(H,65,76)(H,66,77)(H,82,83)/t37?,38-,39+,40-,41-,42+,43+,44+,45+,46+,47+,48+,49+,50-/m1/s1. The summed E-state index contributed by atoms with van der Waals surface area (Å²) in [4.78, 5) is 144. The molecule has 0 aliphatic carbocycles. The monoisotopic (exact) mass is 1180 g/mol. The van der Waals surface area contributed by atoms with Crippen molar-refractivity contribution in [2.24, 2.45) is 41.4 Å². The first-order chi connectivity index (χ1) is 38.3. The van der Waals surface area contributed by atoms with Crippen LogP contribution in [-0.4, -0.2) is 201 Å². The number of amides is 9. The van der Waals surface area contributed by atoms with Crippen LogP contribution in [0.4, 0.5) is 0 Å². The predicted octanol–water partition coefficient (Wildman–Crippen LogP) is 3.05. The molecule has 0 aromatic rings. The molecule has 0 rings (SSSR count). The third kappa shape index (κ3) is 24.4. The topological polar surface area (TPSA) is 317 Å². The van der Waals surface area contributed by atoms with Crippen molar-refractivity contribution in [3.05, 3.63) is 12.2 Å². The second kappa shape index (κ2) is 36.9. The number of aliphatic hydroxyl groups excluding tert-OH is 2. The first-order valence-electron chi connectivity index (χ1n) is 29.9. The van der Waals surface area contributed by atoms with Gasteiger partial charge < -0.3 is 66.8 Å². The number of hydrogen-bond donors (Lipinski definition) is 9. The fourth-order valence-corrected chi connectivity index (χ4v) is 9.95. The van der Waals surface area contributed by atoms with E-state index in [0.29, 0.717) is 19.4 Å². The normalized spacial score (nSPS) is 16.9. The first kappa shape index (κ1) is 77.3. The van der Waals surface area contributed by atoms with Crippen molar-refractivity contribution in [2.75, 3.05) is 34.7 Å². The molecule has 83 heavy (non-hydrogen) atoms. The Kier molecular flexibility index (Phi) is 34.4. The SMILES string of the molecule is CC=CC[C@@H](C)[C@@H](O)[C@@H](C(=O)N[C@H](C(=O)O)[C@@H](C)O)N(C)C(=O)[C@H](C(C)C)N(C)C(=O)[C@H](CC(C)C)NC(=O)[C@H](CC(C)C)N(C)C(=O)[C@@H](C)NC(=O)[C@H](C)NC(=O)[C@H](CC(C)C)N(C)C(=O)[C@H](CC(C)C)NC(=O)[C@@H](NCC)C(C)CC. The Labute approximate surface area is 496 Å². The third-order valence-electron chi connectivity index (χ3n) is 15.0. The highest BCUT2D eigenvalue weighted by Gasteiger charge is 2.44. The summed E-state index contributed by atoms with van der Waals surface area (Å²) >= 11 is 0. The highest BCUT2D eigenvalue weighted by molar-refractivity contribution is 5.98. The van der Waals surface area contributed by atoms with E-state index in [-0.39, 0.29) is 54.8 Å². The highest BCUT2D eigenvalue weighted by atomic mass is 16.4. The molecule has 23 nitrogen and oxygen atoms in total. The largest absolute Gasteiger partial charge is 0.480 e. The molecular formula is C60H110N10O13. The molecule has 0 aliphatic rings. The van der Waals surface area contributed by atoms with Crippen LogP contribution in [0.2, 0.25) is 0 Å². The maximum Gasteiger partial charge on any atom is 0.328 e. The molecule has 14 atom stereocenters. The van der Waals surface area contributed by atoms with Crippen molar-refractivity contribution < 1.29 is 63.3 Å². The van der Waals surface area contributed by atoms with Crippen LogP contribution in [0.15, 0.2) is 12.2 Å². The molecule has 0 spiro atoms. The number of carbonyl (C=O) groups is 10. The fraction of sp³-hybridized carbons (Fsp3) is 0.800. The van der Waals surface area contributed by atoms with Gasteiger partial charge in [-0.25, -0.2) is 4.79 Å². The van der Waals surface area contributed by atoms with Crippen LogP contribution in [0.3, 0.4) is 0 Å². The van der Waals surface area contributed by atoms with Crippen LogP contribution in [-0.2, 0) is 47.9 Å². The van der Waals surface area contributed by atoms with E-state index in [1.165, 1.54) is 63.7 Å². The zero-order valence-electron chi connectivity index (χ0n) is 54.3. The Hall–Kier alpha value is -5.68. The van der Waals surface area contributed by atoms with Crippen molar-refractivity contribution in [1.82, 2.24) is 51.5 Å². The van der Waals surface area contributed by atoms with E-state index in [9.17, 15) is 63.3 Å². The molecule has 9 amide bonds. The average molecular weight is 1180 g/mol. The van der Waals surface area contributed by atoms with Gasteiger partial charge >= 0.3 is 5.97 Å². The molecular weight excluding hydrogens is 1070 g/mol. The zero-order chi connectivity index (χ0) is 64.7. The van der Waals surface area contributed by atoms with Gasteiger partial charge in [-0.3, -0.25) is 43.2 Å². The van der Waals surface area contributed by atoms with Gasteiger partial charge in [0.1, 0.15) is 48.3 Å². The Morgan fingerprint density at radius 3 is 1.29 bits per heavy atom. The molecule has 0 radical (unpaired) electrons. The lowest BCUT2D eigenvalue weighted by Crippen LogP contribution is -2.63. The van der Waals surface area contributed by atoms with Crippen LogP contribution in [0.25, 0.3) is 0 Å². The van der Waals surface area contributed by atoms with E-state index < -0.39 is 138 Å². The molecule has 23 heteroatoms. The molecule has 0 aromatic carbocycles. The number of nitrogens with one attached hydrogen (secondary N) is 6. The number of rotatable bonds is 37. The second-order valence-corrected chi connectivity index (χ2v) is 24.8. The van der Waals surface area contributed by atoms with Crippen molar-refractivity contribution in [2.45, 2.75) is 236 Å². The maximum absolute atomic E-state index is 14.7. The van der Waals surface area contributed by atoms with E-state index in [1.807, 2.05) is 76.2 Å². The van der Waals surface area contributed by atoms with Crippen molar-refractivity contribution in [1.29, 1.82) is 0 Å². The number of carboxylic acid groups (broad SMARTS) is 1. The molecule has 0 aliphatic heterocycles. The smallest absolute Gasteiger partial charge is 0.328 e. The van der Waals surface area contributed by atoms with Gasteiger partial charge in [0.25, 0.3) is 0 Å². The molecule has 1 unspecified atom stereocenters. The lowest BCUT2D eigenvalue weighted by molar-refractivity contribution is -0.155. The number of allylic oxidation sites excluding steroid dienone is 2. The van der Waals surface area contributed by atoms with Crippen LogP contribution >= 0.6 is 0 Å². The molecule has 478 valence electrons. The van der Waals surface area contributed by atoms with Gasteiger partial charge in [0.15, 0.2) is 6.04 Å². The number of nitrogens with zero attached hydrogens (tertiary/aromatic N) is 4. The number of carbonyl (C=O) groups excluding carboxylic acids is 9. The molecule has 9 N–H and O–H groups in total. The summed E-state index contributed by atoms with van der Waals surface area (Å²) < 4.78 is 0. The summed E-state index contributed by atoms with van der Waals surface area (Å²) in [6.45, 7) is 32.2. The molecule has 0 aromatic heterocycles. The lowest BCUT2D eigenvalue weighted by Gasteiger charge is -2.40. The van der Waals surface area contributed by atoms with E-state index in [4.69, 9.17) is 0 Å². The Balaban J connectivity index is 6.79. The van der Waals surface area contributed by atoms with Gasteiger partial charge in [-0.05, 0) is 108 Å². The summed E-state index contributed by atoms with van der Waals surface area (Å²) in [6, 6.07) is -12.0. The predicted molar refractivity (Wildman–Crippen MR) is 321 cm³/mol. The third-order valence-corrected chi connectivity index (χ3v) is 15.0. The number of hydrogen-bond acceptors (Lipinski definition) is 13. The maximum atomic E-state index is 14.7. The number of aliphatic hydroxyl groups is 2. The van der Waals surface area contributed by atoms with Gasteiger partial charge in [0.05, 0.1) is 18.2 Å². The van der Waals surface area contributed by atoms with Gasteiger partial charge in [0.2, 0.25) is 53.2 Å². The van der Waals surface area contributed by atoms with Crippen LogP contribution in [0.1, 0.15) is 163 Å². The second-order valence-electron chi connectivity index (χ2n) is 24.8. The summed E-state index contributed by atoms with van der Waals surface area (Å²) in [5, 5.41) is 48.2. The average Bonchev–Trinajstić information content (AvgIpc) is 3.39. The highest BCUT2D eigenvalue weighted by Crippen LogP contribution is 2.24. The summed E-state index contributed by atoms with van der Waals surface area (Å²) in [5.41, 5.74) is 0. The minimum atomic E-state index is -1.77. The Morgan fingerprint density at radius 2 is 0.880 bits per heavy atom. The van der Waals surface area contributed by atoms with Crippen molar-refractivity contribution >= 4 is 59.1 Å². The number of likely N-dealkylation sites (N-methyl/N-ethyl adjacent to an activating group) is 5. The van der Waals surface area contributed by atoms with Crippen molar-refractivity contribution in [3.63, 3.8) is 0 Å². The quantitative estimate of drug-likeness (QED) is 0.0404. The van der Waals surface area contributed by atoms with Gasteiger partial charge in [-0.15, -0.1) is 0 Å². The Morgan fingerprint density at radius 1 is 0.458 bits per heavy atom.